The Kier molecular flexibility index (Phi) is 2.87. The minimum Gasteiger partial charge on any atom is -0.330 e. The molecule has 1 atom stereocenters. The van der Waals surface area contributed by atoms with E-state index in [1.165, 1.54) is 24.8 Å². The molecule has 0 heterocycles. The van der Waals surface area contributed by atoms with Crippen LogP contribution in [0, 0.1) is 0 Å². The van der Waals surface area contributed by atoms with Gasteiger partial charge in [-0.05, 0) is 54.8 Å². The smallest absolute Gasteiger partial charge is 0.00715 e. The number of fused-ring (bicyclic) bond motifs is 1. The van der Waals surface area contributed by atoms with Crippen LogP contribution in [0.1, 0.15) is 42.4 Å². The zero-order valence-electron chi connectivity index (χ0n) is 8.92. The zero-order chi connectivity index (χ0) is 9.97. The summed E-state index contributed by atoms with van der Waals surface area (Å²) in [6.07, 6.45) is 4.99. The van der Waals surface area contributed by atoms with Crippen molar-refractivity contribution < 1.29 is 0 Å². The van der Waals surface area contributed by atoms with Gasteiger partial charge in [-0.25, -0.2) is 0 Å². The van der Waals surface area contributed by atoms with E-state index in [9.17, 15) is 0 Å². The van der Waals surface area contributed by atoms with Gasteiger partial charge in [-0.15, -0.1) is 0 Å². The maximum Gasteiger partial charge on any atom is -0.00715 e. The van der Waals surface area contributed by atoms with E-state index >= 15 is 0 Å². The normalized spacial score (nSPS) is 16.7. The minimum atomic E-state index is 0.617. The lowest BCUT2D eigenvalue weighted by molar-refractivity contribution is 0.689. The summed E-state index contributed by atoms with van der Waals surface area (Å²) in [5, 5.41) is 0. The van der Waals surface area contributed by atoms with Gasteiger partial charge in [0.05, 0.1) is 0 Å². The van der Waals surface area contributed by atoms with E-state index in [0.717, 1.165) is 13.0 Å². The quantitative estimate of drug-likeness (QED) is 0.777. The Morgan fingerprint density at radius 2 is 2.07 bits per heavy atom. The van der Waals surface area contributed by atoms with Crippen LogP contribution >= 0.6 is 0 Å². The molecular weight excluding hydrogens is 170 g/mol. The average molecular weight is 189 g/mol. The van der Waals surface area contributed by atoms with Crippen molar-refractivity contribution in [2.45, 2.75) is 38.5 Å². The fraction of sp³-hybridized carbons (Fsp3) is 0.538. The minimum absolute atomic E-state index is 0.617. The van der Waals surface area contributed by atoms with Gasteiger partial charge in [0.25, 0.3) is 0 Å². The van der Waals surface area contributed by atoms with Crippen LogP contribution in [-0.2, 0) is 12.8 Å². The van der Waals surface area contributed by atoms with Crippen molar-refractivity contribution in [3.63, 3.8) is 0 Å². The number of hydrogen-bond donors (Lipinski definition) is 1. The van der Waals surface area contributed by atoms with E-state index in [2.05, 4.69) is 25.1 Å². The second-order valence-corrected chi connectivity index (χ2v) is 4.36. The first-order valence-electron chi connectivity index (χ1n) is 5.63. The van der Waals surface area contributed by atoms with Crippen LogP contribution in [0.5, 0.6) is 0 Å². The Labute approximate surface area is 86.3 Å². The van der Waals surface area contributed by atoms with Crippen LogP contribution in [-0.4, -0.2) is 6.54 Å². The summed E-state index contributed by atoms with van der Waals surface area (Å²) in [7, 11) is 0. The van der Waals surface area contributed by atoms with Crippen LogP contribution in [0.3, 0.4) is 0 Å². The first-order valence-corrected chi connectivity index (χ1v) is 5.63. The average Bonchev–Trinajstić information content (AvgIpc) is 2.64. The van der Waals surface area contributed by atoms with Gasteiger partial charge < -0.3 is 5.73 Å². The van der Waals surface area contributed by atoms with Crippen molar-refractivity contribution in [1.82, 2.24) is 0 Å². The molecule has 76 valence electrons. The van der Waals surface area contributed by atoms with Crippen LogP contribution < -0.4 is 5.73 Å². The van der Waals surface area contributed by atoms with Gasteiger partial charge >= 0.3 is 0 Å². The van der Waals surface area contributed by atoms with E-state index in [0.29, 0.717) is 5.92 Å². The van der Waals surface area contributed by atoms with Crippen LogP contribution in [0.25, 0.3) is 0 Å². The fourth-order valence-electron chi connectivity index (χ4n) is 2.31. The van der Waals surface area contributed by atoms with E-state index < -0.39 is 0 Å². The van der Waals surface area contributed by atoms with Crippen molar-refractivity contribution in [1.29, 1.82) is 0 Å². The summed E-state index contributed by atoms with van der Waals surface area (Å²) < 4.78 is 0. The molecule has 1 heteroatoms. The standard InChI is InChI=1S/C13H19N/c1-10(7-8-14)12-6-5-11-3-2-4-13(11)9-12/h5-6,9-10H,2-4,7-8,14H2,1H3. The Balaban J connectivity index is 2.19. The SMILES string of the molecule is CC(CCN)c1ccc2c(c1)CCC2. The lowest BCUT2D eigenvalue weighted by Crippen LogP contribution is -2.04. The number of benzene rings is 1. The Morgan fingerprint density at radius 3 is 2.86 bits per heavy atom. The number of nitrogens with two attached hydrogens (primary N) is 1. The van der Waals surface area contributed by atoms with Crippen molar-refractivity contribution >= 4 is 0 Å². The molecule has 2 N–H and O–H groups in total. The molecule has 1 aromatic carbocycles. The summed E-state index contributed by atoms with van der Waals surface area (Å²) in [5.41, 5.74) is 10.2. The first-order chi connectivity index (χ1) is 6.81. The highest BCUT2D eigenvalue weighted by molar-refractivity contribution is 5.36. The lowest BCUT2D eigenvalue weighted by Gasteiger charge is -2.12. The van der Waals surface area contributed by atoms with Gasteiger partial charge in [0, 0.05) is 0 Å². The summed E-state index contributed by atoms with van der Waals surface area (Å²) in [6, 6.07) is 6.98. The molecule has 0 saturated carbocycles. The fourth-order valence-corrected chi connectivity index (χ4v) is 2.31. The van der Waals surface area contributed by atoms with Crippen molar-refractivity contribution in [3.05, 3.63) is 34.9 Å². The molecule has 0 radical (unpaired) electrons. The van der Waals surface area contributed by atoms with Gasteiger partial charge in [0.15, 0.2) is 0 Å². The maximum absolute atomic E-state index is 5.58. The van der Waals surface area contributed by atoms with Gasteiger partial charge in [0.2, 0.25) is 0 Å². The molecule has 0 amide bonds. The highest BCUT2D eigenvalue weighted by Gasteiger charge is 2.12. The third kappa shape index (κ3) is 1.83. The van der Waals surface area contributed by atoms with E-state index in [1.807, 2.05) is 0 Å². The highest BCUT2D eigenvalue weighted by Crippen LogP contribution is 2.27. The summed E-state index contributed by atoms with van der Waals surface area (Å²) >= 11 is 0. The Morgan fingerprint density at radius 1 is 1.29 bits per heavy atom. The van der Waals surface area contributed by atoms with E-state index in [4.69, 9.17) is 5.73 Å². The lowest BCUT2D eigenvalue weighted by atomic mass is 9.95. The molecule has 0 bridgehead atoms. The Hall–Kier alpha value is -0.820. The Bertz CT molecular complexity index is 317. The topological polar surface area (TPSA) is 26.0 Å². The molecule has 0 aliphatic heterocycles. The van der Waals surface area contributed by atoms with Gasteiger partial charge in [-0.2, -0.15) is 0 Å². The number of hydrogen-bond acceptors (Lipinski definition) is 1. The highest BCUT2D eigenvalue weighted by atomic mass is 14.5. The van der Waals surface area contributed by atoms with Crippen molar-refractivity contribution in [2.75, 3.05) is 6.54 Å². The first kappa shape index (κ1) is 9.72. The summed E-state index contributed by atoms with van der Waals surface area (Å²) in [4.78, 5) is 0. The molecule has 0 fully saturated rings. The molecular formula is C13H19N. The number of aryl methyl sites for hydroxylation is 2. The molecule has 1 unspecified atom stereocenters. The van der Waals surface area contributed by atoms with Gasteiger partial charge in [-0.1, -0.05) is 25.1 Å². The van der Waals surface area contributed by atoms with Gasteiger partial charge in [0.1, 0.15) is 0 Å². The molecule has 14 heavy (non-hydrogen) atoms. The molecule has 0 saturated heterocycles. The summed E-state index contributed by atoms with van der Waals surface area (Å²) in [5.74, 6) is 0.617. The van der Waals surface area contributed by atoms with Crippen molar-refractivity contribution in [3.8, 4) is 0 Å². The van der Waals surface area contributed by atoms with E-state index in [1.54, 1.807) is 11.1 Å². The van der Waals surface area contributed by atoms with E-state index in [-0.39, 0.29) is 0 Å². The summed E-state index contributed by atoms with van der Waals surface area (Å²) in [6.45, 7) is 3.06. The van der Waals surface area contributed by atoms with Gasteiger partial charge in [-0.3, -0.25) is 0 Å². The largest absolute Gasteiger partial charge is 0.330 e. The molecule has 1 aliphatic rings. The molecule has 1 aliphatic carbocycles. The third-order valence-corrected chi connectivity index (χ3v) is 3.29. The molecule has 2 rings (SSSR count). The molecule has 0 aromatic heterocycles. The monoisotopic (exact) mass is 189 g/mol. The molecule has 1 nitrogen and oxygen atoms in total. The van der Waals surface area contributed by atoms with Crippen LogP contribution in [0.2, 0.25) is 0 Å². The second kappa shape index (κ2) is 4.14. The van der Waals surface area contributed by atoms with Crippen LogP contribution in [0.15, 0.2) is 18.2 Å². The predicted molar refractivity (Wildman–Crippen MR) is 60.6 cm³/mol. The maximum atomic E-state index is 5.58. The van der Waals surface area contributed by atoms with Crippen LogP contribution in [0.4, 0.5) is 0 Å². The third-order valence-electron chi connectivity index (χ3n) is 3.29. The molecule has 0 spiro atoms. The zero-order valence-corrected chi connectivity index (χ0v) is 8.92. The van der Waals surface area contributed by atoms with Crippen molar-refractivity contribution in [2.24, 2.45) is 5.73 Å². The predicted octanol–water partition coefficient (Wildman–Crippen LogP) is 2.63. The molecule has 1 aromatic rings. The second-order valence-electron chi connectivity index (χ2n) is 4.36. The number of rotatable bonds is 3.